The summed E-state index contributed by atoms with van der Waals surface area (Å²) in [6.45, 7) is 11.4. The number of hydrogen-bond donors (Lipinski definition) is 0. The van der Waals surface area contributed by atoms with Crippen LogP contribution in [0, 0.1) is 29.6 Å². The molecule has 7 aromatic rings. The number of aryl methyl sites for hydroxylation is 1. The molecular formula is C52H49ClN6O4. The molecule has 2 aromatic heterocycles. The summed E-state index contributed by atoms with van der Waals surface area (Å²) >= 11 is 6.38. The first-order valence-electron chi connectivity index (χ1n) is 20.7. The zero-order valence-corrected chi connectivity index (χ0v) is 36.8. The Balaban J connectivity index is 0.000000223. The highest BCUT2D eigenvalue weighted by Gasteiger charge is 2.27. The molecule has 0 saturated heterocycles. The van der Waals surface area contributed by atoms with Crippen LogP contribution in [0.4, 0.5) is 0 Å². The highest BCUT2D eigenvalue weighted by Crippen LogP contribution is 2.37. The van der Waals surface area contributed by atoms with Gasteiger partial charge in [0.2, 0.25) is 11.8 Å². The van der Waals surface area contributed by atoms with Crippen LogP contribution in [0.25, 0.3) is 0 Å². The first kappa shape index (κ1) is 45.3. The number of benzene rings is 5. The van der Waals surface area contributed by atoms with Crippen molar-refractivity contribution in [3.05, 3.63) is 200 Å². The Bertz CT molecular complexity index is 2640. The van der Waals surface area contributed by atoms with E-state index in [4.69, 9.17) is 35.5 Å². The summed E-state index contributed by atoms with van der Waals surface area (Å²) in [5.41, 5.74) is 8.21. The standard InChI is InChI=1S/C31H28N4O2.C21H21ClN2O2/c1-21(2)28-29(27(18-33)26-15-22(3)14-25(16-26)17-32)34-31(37-20-24-12-8-5-9-13-24)35-30(28)36-19-23-10-6-4-7-11-23;1-15(2)18-19(22)23-21(26-14-17-11-7-4-8-12-17)24-20(18)25-13-16-9-5-3-6-10-16/h4-16,21,27H,19-20H2,1-3H3;3-12,15H,13-14H2,1-2H3. The fourth-order valence-corrected chi connectivity index (χ4v) is 7.05. The summed E-state index contributed by atoms with van der Waals surface area (Å²) in [5.74, 6) is 0.231. The Morgan fingerprint density at radius 2 is 0.937 bits per heavy atom. The number of aromatic nitrogens is 4. The Labute approximate surface area is 374 Å². The summed E-state index contributed by atoms with van der Waals surface area (Å²) in [4.78, 5) is 18.1. The molecule has 2 heterocycles. The van der Waals surface area contributed by atoms with E-state index in [9.17, 15) is 10.5 Å². The van der Waals surface area contributed by atoms with E-state index in [2.05, 4.69) is 27.1 Å². The monoisotopic (exact) mass is 856 g/mol. The second-order valence-electron chi connectivity index (χ2n) is 15.3. The highest BCUT2D eigenvalue weighted by molar-refractivity contribution is 6.30. The lowest BCUT2D eigenvalue weighted by Gasteiger charge is -2.21. The number of nitrogens with zero attached hydrogens (tertiary/aromatic N) is 6. The molecule has 1 unspecified atom stereocenters. The number of halogens is 1. The van der Waals surface area contributed by atoms with Crippen LogP contribution < -0.4 is 18.9 Å². The maximum atomic E-state index is 10.3. The Kier molecular flexibility index (Phi) is 16.2. The van der Waals surface area contributed by atoms with Crippen LogP contribution in [-0.2, 0) is 26.4 Å². The van der Waals surface area contributed by atoms with Gasteiger partial charge in [-0.2, -0.15) is 30.5 Å². The van der Waals surface area contributed by atoms with Gasteiger partial charge in [-0.05, 0) is 64.3 Å². The molecule has 318 valence electrons. The predicted molar refractivity (Wildman–Crippen MR) is 244 cm³/mol. The quantitative estimate of drug-likeness (QED) is 0.0864. The molecule has 0 radical (unpaired) electrons. The number of ether oxygens (including phenoxy) is 4. The summed E-state index contributed by atoms with van der Waals surface area (Å²) < 4.78 is 23.9. The molecule has 63 heavy (non-hydrogen) atoms. The van der Waals surface area contributed by atoms with Crippen LogP contribution in [0.3, 0.4) is 0 Å². The fraction of sp³-hybridized carbons (Fsp3) is 0.231. The molecule has 0 amide bonds. The first-order chi connectivity index (χ1) is 30.6. The topological polar surface area (TPSA) is 136 Å². The largest absolute Gasteiger partial charge is 0.472 e. The molecule has 1 atom stereocenters. The molecular weight excluding hydrogens is 808 g/mol. The molecule has 5 aromatic carbocycles. The van der Waals surface area contributed by atoms with E-state index in [1.165, 1.54) is 0 Å². The fourth-order valence-electron chi connectivity index (χ4n) is 6.68. The van der Waals surface area contributed by atoms with Crippen LogP contribution in [0.5, 0.6) is 23.8 Å². The zero-order chi connectivity index (χ0) is 44.6. The molecule has 0 saturated carbocycles. The third kappa shape index (κ3) is 12.9. The minimum atomic E-state index is -0.731. The van der Waals surface area contributed by atoms with E-state index in [0.29, 0.717) is 53.6 Å². The van der Waals surface area contributed by atoms with Crippen LogP contribution >= 0.6 is 11.6 Å². The molecule has 0 N–H and O–H groups in total. The number of hydrogen-bond acceptors (Lipinski definition) is 10. The van der Waals surface area contributed by atoms with Crippen molar-refractivity contribution in [1.29, 1.82) is 10.5 Å². The van der Waals surface area contributed by atoms with Crippen molar-refractivity contribution in [2.45, 2.75) is 78.8 Å². The first-order valence-corrected chi connectivity index (χ1v) is 21.1. The van der Waals surface area contributed by atoms with Crippen LogP contribution in [0.2, 0.25) is 5.15 Å². The molecule has 7 rings (SSSR count). The van der Waals surface area contributed by atoms with E-state index in [0.717, 1.165) is 38.9 Å². The minimum Gasteiger partial charge on any atom is -0.472 e. The second kappa shape index (κ2) is 22.5. The van der Waals surface area contributed by atoms with E-state index >= 15 is 0 Å². The molecule has 0 aliphatic carbocycles. The van der Waals surface area contributed by atoms with Crippen molar-refractivity contribution in [1.82, 2.24) is 19.9 Å². The average molecular weight is 857 g/mol. The second-order valence-corrected chi connectivity index (χ2v) is 15.7. The van der Waals surface area contributed by atoms with Gasteiger partial charge in [-0.3, -0.25) is 0 Å². The van der Waals surface area contributed by atoms with Gasteiger partial charge >= 0.3 is 12.0 Å². The van der Waals surface area contributed by atoms with Gasteiger partial charge in [0.15, 0.2) is 0 Å². The van der Waals surface area contributed by atoms with Gasteiger partial charge in [0.1, 0.15) is 37.5 Å². The van der Waals surface area contributed by atoms with Crippen LogP contribution in [0.15, 0.2) is 140 Å². The smallest absolute Gasteiger partial charge is 0.321 e. The van der Waals surface area contributed by atoms with Gasteiger partial charge in [-0.25, -0.2) is 0 Å². The molecule has 0 bridgehead atoms. The maximum absolute atomic E-state index is 10.3. The molecule has 0 fully saturated rings. The van der Waals surface area contributed by atoms with Gasteiger partial charge in [0, 0.05) is 5.56 Å². The minimum absolute atomic E-state index is 0.0277. The van der Waals surface area contributed by atoms with Gasteiger partial charge < -0.3 is 18.9 Å². The lowest BCUT2D eigenvalue weighted by atomic mass is 9.88. The third-order valence-electron chi connectivity index (χ3n) is 9.74. The predicted octanol–water partition coefficient (Wildman–Crippen LogP) is 12.0. The average Bonchev–Trinajstić information content (AvgIpc) is 3.30. The van der Waals surface area contributed by atoms with Gasteiger partial charge in [-0.1, -0.05) is 167 Å². The van der Waals surface area contributed by atoms with Crippen molar-refractivity contribution in [2.24, 2.45) is 0 Å². The lowest BCUT2D eigenvalue weighted by molar-refractivity contribution is 0.254. The molecule has 0 aliphatic rings. The zero-order valence-electron chi connectivity index (χ0n) is 36.0. The summed E-state index contributed by atoms with van der Waals surface area (Å²) in [6.07, 6.45) is 0. The Morgan fingerprint density at radius 3 is 1.35 bits per heavy atom. The normalized spacial score (nSPS) is 11.1. The molecule has 11 heteroatoms. The van der Waals surface area contributed by atoms with Gasteiger partial charge in [-0.15, -0.1) is 0 Å². The van der Waals surface area contributed by atoms with E-state index in [1.807, 2.05) is 162 Å². The van der Waals surface area contributed by atoms with Gasteiger partial charge in [0.25, 0.3) is 0 Å². The Morgan fingerprint density at radius 1 is 0.524 bits per heavy atom. The van der Waals surface area contributed by atoms with Crippen LogP contribution in [-0.4, -0.2) is 19.9 Å². The molecule has 0 aliphatic heterocycles. The van der Waals surface area contributed by atoms with Crippen molar-refractivity contribution >= 4 is 11.6 Å². The maximum Gasteiger partial charge on any atom is 0.321 e. The van der Waals surface area contributed by atoms with Crippen molar-refractivity contribution < 1.29 is 18.9 Å². The third-order valence-corrected chi connectivity index (χ3v) is 10.0. The number of rotatable bonds is 16. The van der Waals surface area contributed by atoms with Crippen molar-refractivity contribution in [3.63, 3.8) is 0 Å². The Hall–Kier alpha value is -7.27. The summed E-state index contributed by atoms with van der Waals surface area (Å²) in [6, 6.07) is 49.8. The summed E-state index contributed by atoms with van der Waals surface area (Å²) in [5, 5.41) is 20.2. The van der Waals surface area contributed by atoms with Gasteiger partial charge in [0.05, 0.1) is 29.0 Å². The van der Waals surface area contributed by atoms with E-state index < -0.39 is 5.92 Å². The van der Waals surface area contributed by atoms with E-state index in [-0.39, 0.29) is 30.5 Å². The molecule has 0 spiro atoms. The van der Waals surface area contributed by atoms with Crippen LogP contribution in [0.1, 0.15) is 101 Å². The SMILES string of the molecule is CC(C)c1c(Cl)nc(OCc2ccccc2)nc1OCc1ccccc1.Cc1cc(C#N)cc(C(C#N)c2nc(OCc3ccccc3)nc(OCc3ccccc3)c2C(C)C)c1. The van der Waals surface area contributed by atoms with Crippen molar-refractivity contribution in [2.75, 3.05) is 0 Å². The van der Waals surface area contributed by atoms with Crippen molar-refractivity contribution in [3.8, 4) is 35.9 Å². The summed E-state index contributed by atoms with van der Waals surface area (Å²) in [7, 11) is 0. The number of nitriles is 2. The lowest BCUT2D eigenvalue weighted by Crippen LogP contribution is -2.14. The highest BCUT2D eigenvalue weighted by atomic mass is 35.5. The molecule has 10 nitrogen and oxygen atoms in total. The van der Waals surface area contributed by atoms with E-state index in [1.54, 1.807) is 12.1 Å².